The average molecular weight is 120 g/mol. The van der Waals surface area contributed by atoms with Gasteiger partial charge in [-0.2, -0.15) is 0 Å². The van der Waals surface area contributed by atoms with Gasteiger partial charge in [-0.3, -0.25) is 5.84 Å². The molecule has 0 atom stereocenters. The number of aromatic amines is 1. The van der Waals surface area contributed by atoms with Crippen LogP contribution in [-0.2, 0) is 0 Å². The molecule has 0 bridgehead atoms. The second-order valence-electron chi connectivity index (χ2n) is 1.06. The minimum absolute atomic E-state index is 0. The highest BCUT2D eigenvalue weighted by Crippen LogP contribution is 1.57. The Labute approximate surface area is 47.5 Å². The molecule has 1 aromatic rings. The van der Waals surface area contributed by atoms with Crippen LogP contribution in [0.5, 0.6) is 0 Å². The van der Waals surface area contributed by atoms with Crippen molar-refractivity contribution in [2.75, 3.05) is 5.84 Å². The lowest BCUT2D eigenvalue weighted by Gasteiger charge is -1.68. The summed E-state index contributed by atoms with van der Waals surface area (Å²) in [6.45, 7) is 0. The van der Waals surface area contributed by atoms with E-state index in [1.54, 1.807) is 18.7 Å². The number of aromatic nitrogens is 2. The van der Waals surface area contributed by atoms with Crippen molar-refractivity contribution in [3.05, 3.63) is 18.7 Å². The highest BCUT2D eigenvalue weighted by atomic mass is 35.5. The Hall–Kier alpha value is -0.700. The summed E-state index contributed by atoms with van der Waals surface area (Å²) in [5.74, 6) is 5.16. The third-order valence-electron chi connectivity index (χ3n) is 0.567. The molecule has 0 saturated heterocycles. The van der Waals surface area contributed by atoms with Gasteiger partial charge in [-0.15, -0.1) is 4.68 Å². The molecule has 3 N–H and O–H groups in total. The topological polar surface area (TPSA) is 45.7 Å². The summed E-state index contributed by atoms with van der Waals surface area (Å²) in [4.78, 5) is 2.77. The Morgan fingerprint density at radius 1 is 1.57 bits per heavy atom. The fourth-order valence-corrected chi connectivity index (χ4v) is 0.301. The molecule has 0 saturated carbocycles. The molecule has 0 aliphatic heterocycles. The second-order valence-corrected chi connectivity index (χ2v) is 1.06. The fraction of sp³-hybridized carbons (Fsp3) is 0. The molecular weight excluding hydrogens is 114 g/mol. The first-order chi connectivity index (χ1) is 2.89. The average Bonchev–Trinajstić information content (AvgIpc) is 1.86. The third-order valence-corrected chi connectivity index (χ3v) is 0.567. The van der Waals surface area contributed by atoms with E-state index >= 15 is 0 Å². The minimum Gasteiger partial charge on any atom is -1.00 e. The molecule has 0 aliphatic carbocycles. The van der Waals surface area contributed by atoms with Crippen LogP contribution in [0.1, 0.15) is 0 Å². The van der Waals surface area contributed by atoms with E-state index in [0.29, 0.717) is 0 Å². The molecule has 0 aliphatic rings. The number of nitrogens with zero attached hydrogens (tertiary/aromatic N) is 1. The van der Waals surface area contributed by atoms with Gasteiger partial charge in [-0.25, -0.2) is 4.98 Å². The molecule has 1 rings (SSSR count). The molecule has 0 aromatic carbocycles. The maximum Gasteiger partial charge on any atom is 0.264 e. The molecule has 4 heteroatoms. The van der Waals surface area contributed by atoms with E-state index in [0.717, 1.165) is 0 Å². The van der Waals surface area contributed by atoms with Gasteiger partial charge in [0.2, 0.25) is 0 Å². The molecule has 40 valence electrons. The summed E-state index contributed by atoms with van der Waals surface area (Å²) in [6, 6.07) is 0. The highest BCUT2D eigenvalue weighted by Gasteiger charge is 1.79. The number of nitrogen functional groups attached to an aromatic ring is 1. The molecule has 0 unspecified atom stereocenters. The van der Waals surface area contributed by atoms with Crippen LogP contribution in [0, 0.1) is 0 Å². The number of hydrogen-bond donors (Lipinski definition) is 2. The molecule has 3 nitrogen and oxygen atoms in total. The van der Waals surface area contributed by atoms with Crippen LogP contribution in [0.25, 0.3) is 0 Å². The molecule has 1 aromatic heterocycles. The lowest BCUT2D eigenvalue weighted by molar-refractivity contribution is -0.637. The number of imidazole rings is 1. The van der Waals surface area contributed by atoms with Gasteiger partial charge in [-0.1, -0.05) is 0 Å². The van der Waals surface area contributed by atoms with E-state index in [9.17, 15) is 0 Å². The quantitative estimate of drug-likeness (QED) is 0.266. The van der Waals surface area contributed by atoms with Gasteiger partial charge >= 0.3 is 0 Å². The van der Waals surface area contributed by atoms with Gasteiger partial charge in [0.25, 0.3) is 6.33 Å². The summed E-state index contributed by atoms with van der Waals surface area (Å²) < 4.78 is 1.44. The van der Waals surface area contributed by atoms with E-state index in [4.69, 9.17) is 5.84 Å². The summed E-state index contributed by atoms with van der Waals surface area (Å²) in [7, 11) is 0. The lowest BCUT2D eigenvalue weighted by atomic mass is 11.0. The van der Waals surface area contributed by atoms with Crippen molar-refractivity contribution in [3.63, 3.8) is 0 Å². The maximum absolute atomic E-state index is 5.16. The molecule has 0 radical (unpaired) electrons. The Balaban J connectivity index is 0.000000360. The maximum atomic E-state index is 5.16. The van der Waals surface area contributed by atoms with Crippen LogP contribution in [0.4, 0.5) is 0 Å². The van der Waals surface area contributed by atoms with E-state index in [2.05, 4.69) is 4.98 Å². The van der Waals surface area contributed by atoms with Crippen molar-refractivity contribution in [3.8, 4) is 0 Å². The second kappa shape index (κ2) is 2.47. The van der Waals surface area contributed by atoms with Crippen LogP contribution in [0.3, 0.4) is 0 Å². The zero-order valence-electron chi connectivity index (χ0n) is 3.63. The molecule has 0 spiro atoms. The predicted molar refractivity (Wildman–Crippen MR) is 21.1 cm³/mol. The van der Waals surface area contributed by atoms with Gasteiger partial charge in [0.15, 0.2) is 6.20 Å². The Morgan fingerprint density at radius 3 is 2.43 bits per heavy atom. The summed E-state index contributed by atoms with van der Waals surface area (Å²) in [5, 5.41) is 0. The number of nitrogens with one attached hydrogen (secondary N) is 1. The normalized spacial score (nSPS) is 7.43. The number of hydrogen-bond acceptors (Lipinski definition) is 1. The molecular formula is C3H6ClN3. The van der Waals surface area contributed by atoms with Crippen molar-refractivity contribution in [1.29, 1.82) is 0 Å². The fourth-order valence-electron chi connectivity index (χ4n) is 0.301. The monoisotopic (exact) mass is 119 g/mol. The first kappa shape index (κ1) is 6.30. The van der Waals surface area contributed by atoms with Gasteiger partial charge in [0, 0.05) is 0 Å². The lowest BCUT2D eigenvalue weighted by Crippen LogP contribution is -3.00. The van der Waals surface area contributed by atoms with Gasteiger partial charge < -0.3 is 12.4 Å². The molecule has 1 heterocycles. The number of rotatable bonds is 0. The smallest absolute Gasteiger partial charge is 0.264 e. The van der Waals surface area contributed by atoms with Crippen molar-refractivity contribution < 1.29 is 17.1 Å². The van der Waals surface area contributed by atoms with Gasteiger partial charge in [0.05, 0.1) is 0 Å². The molecule has 7 heavy (non-hydrogen) atoms. The SMILES string of the molecule is N[n+]1cc[nH]c1.[Cl-]. The third kappa shape index (κ3) is 1.45. The van der Waals surface area contributed by atoms with Crippen LogP contribution < -0.4 is 22.9 Å². The Bertz CT molecular complexity index is 114. The zero-order chi connectivity index (χ0) is 4.41. The van der Waals surface area contributed by atoms with E-state index in [1.165, 1.54) is 4.68 Å². The molecule has 0 fully saturated rings. The van der Waals surface area contributed by atoms with Crippen molar-refractivity contribution in [2.45, 2.75) is 0 Å². The summed E-state index contributed by atoms with van der Waals surface area (Å²) >= 11 is 0. The van der Waals surface area contributed by atoms with Crippen molar-refractivity contribution >= 4 is 0 Å². The van der Waals surface area contributed by atoms with Crippen LogP contribution >= 0.6 is 0 Å². The van der Waals surface area contributed by atoms with Gasteiger partial charge in [0.1, 0.15) is 6.20 Å². The first-order valence-corrected chi connectivity index (χ1v) is 1.69. The Morgan fingerprint density at radius 2 is 2.29 bits per heavy atom. The van der Waals surface area contributed by atoms with E-state index in [-0.39, 0.29) is 12.4 Å². The van der Waals surface area contributed by atoms with Crippen molar-refractivity contribution in [2.24, 2.45) is 0 Å². The van der Waals surface area contributed by atoms with Crippen LogP contribution in [-0.4, -0.2) is 4.98 Å². The minimum atomic E-state index is 0. The summed E-state index contributed by atoms with van der Waals surface area (Å²) in [5.41, 5.74) is 0. The number of H-pyrrole nitrogens is 1. The van der Waals surface area contributed by atoms with Crippen LogP contribution in [0.2, 0.25) is 0 Å². The van der Waals surface area contributed by atoms with Gasteiger partial charge in [-0.05, 0) is 0 Å². The van der Waals surface area contributed by atoms with E-state index in [1.807, 2.05) is 0 Å². The first-order valence-electron chi connectivity index (χ1n) is 1.69. The highest BCUT2D eigenvalue weighted by molar-refractivity contribution is 4.54. The molecule has 0 amide bonds. The van der Waals surface area contributed by atoms with Crippen LogP contribution in [0.15, 0.2) is 18.7 Å². The standard InChI is InChI=1S/C3H5N3.ClH/c4-6-2-1-5-3-6;/h1-3H,4H2;1H. The largest absolute Gasteiger partial charge is 1.00 e. The number of halogens is 1. The Kier molecular flexibility index (Phi) is 2.22. The predicted octanol–water partition coefficient (Wildman–Crippen LogP) is -3.98. The zero-order valence-corrected chi connectivity index (χ0v) is 4.39. The summed E-state index contributed by atoms with van der Waals surface area (Å²) in [6.07, 6.45) is 5.12. The number of nitrogens with two attached hydrogens (primary N) is 1. The van der Waals surface area contributed by atoms with Crippen molar-refractivity contribution in [1.82, 2.24) is 4.98 Å². The van der Waals surface area contributed by atoms with E-state index < -0.39 is 0 Å².